The van der Waals surface area contributed by atoms with Crippen LogP contribution >= 0.6 is 0 Å². The van der Waals surface area contributed by atoms with Gasteiger partial charge in [-0.05, 0) is 49.4 Å². The molecule has 0 bridgehead atoms. The highest BCUT2D eigenvalue weighted by atomic mass is 16.4. The van der Waals surface area contributed by atoms with Crippen LogP contribution in [0.2, 0.25) is 0 Å². The number of carbonyl (C=O) groups excluding carboxylic acids is 2. The van der Waals surface area contributed by atoms with E-state index in [0.29, 0.717) is 19.5 Å². The Kier molecular flexibility index (Phi) is 4.54. The first-order valence-electron chi connectivity index (χ1n) is 8.69. The second kappa shape index (κ2) is 6.50. The largest absolute Gasteiger partial charge is 0.481 e. The number of nitrogens with zero attached hydrogens (tertiary/aromatic N) is 2. The first-order chi connectivity index (χ1) is 11.8. The van der Waals surface area contributed by atoms with Gasteiger partial charge in [-0.3, -0.25) is 14.4 Å². The molecule has 1 aromatic rings. The Bertz CT molecular complexity index is 710. The maximum atomic E-state index is 12.8. The van der Waals surface area contributed by atoms with Crippen molar-refractivity contribution in [1.82, 2.24) is 4.90 Å². The van der Waals surface area contributed by atoms with Crippen molar-refractivity contribution >= 4 is 23.5 Å². The van der Waals surface area contributed by atoms with Gasteiger partial charge in [0.15, 0.2) is 0 Å². The Morgan fingerprint density at radius 3 is 2.32 bits per heavy atom. The van der Waals surface area contributed by atoms with E-state index >= 15 is 0 Å². The molecular weight excluding hydrogens is 320 g/mol. The number of aryl methyl sites for hydroxylation is 2. The number of carboxylic acid groups (broad SMARTS) is 1. The number of carbonyl (C=O) groups is 3. The van der Waals surface area contributed by atoms with Crippen molar-refractivity contribution in [2.45, 2.75) is 27.2 Å². The first-order valence-corrected chi connectivity index (χ1v) is 8.69. The number of amides is 2. The number of benzene rings is 1. The van der Waals surface area contributed by atoms with Gasteiger partial charge in [0.2, 0.25) is 11.8 Å². The SMILES string of the molecule is Cc1cc(C)cc(N2CCC(C(=O)N3C[C@@H](C)[C@H](C(=O)O)C3)C2=O)c1. The zero-order chi connectivity index (χ0) is 18.3. The maximum Gasteiger partial charge on any atom is 0.308 e. The smallest absolute Gasteiger partial charge is 0.308 e. The quantitative estimate of drug-likeness (QED) is 0.849. The van der Waals surface area contributed by atoms with Crippen molar-refractivity contribution in [3.05, 3.63) is 29.3 Å². The fourth-order valence-corrected chi connectivity index (χ4v) is 3.96. The van der Waals surface area contributed by atoms with Crippen LogP contribution in [0.3, 0.4) is 0 Å². The predicted octanol–water partition coefficient (Wildman–Crippen LogP) is 1.84. The molecule has 1 unspecified atom stereocenters. The highest BCUT2D eigenvalue weighted by Gasteiger charge is 2.44. The standard InChI is InChI=1S/C19H24N2O4/c1-11-6-12(2)8-14(7-11)21-5-4-15(18(21)23)17(22)20-9-13(3)16(10-20)19(24)25/h6-8,13,15-16H,4-5,9-10H2,1-3H3,(H,24,25)/t13-,15?,16-/m1/s1. The topological polar surface area (TPSA) is 77.9 Å². The number of hydrogen-bond acceptors (Lipinski definition) is 3. The van der Waals surface area contributed by atoms with Crippen LogP contribution in [0, 0.1) is 31.6 Å². The van der Waals surface area contributed by atoms with Crippen LogP contribution in [0.4, 0.5) is 5.69 Å². The van der Waals surface area contributed by atoms with E-state index in [1.165, 1.54) is 0 Å². The minimum Gasteiger partial charge on any atom is -0.481 e. The molecule has 25 heavy (non-hydrogen) atoms. The lowest BCUT2D eigenvalue weighted by Gasteiger charge is -2.21. The molecule has 0 saturated carbocycles. The summed E-state index contributed by atoms with van der Waals surface area (Å²) in [6.07, 6.45) is 0.479. The Hall–Kier alpha value is -2.37. The van der Waals surface area contributed by atoms with E-state index in [0.717, 1.165) is 16.8 Å². The highest BCUT2D eigenvalue weighted by Crippen LogP contribution is 2.31. The molecule has 2 amide bonds. The molecule has 6 nitrogen and oxygen atoms in total. The number of carboxylic acids is 1. The summed E-state index contributed by atoms with van der Waals surface area (Å²) in [6.45, 7) is 6.93. The summed E-state index contributed by atoms with van der Waals surface area (Å²) < 4.78 is 0. The molecule has 3 rings (SSSR count). The fourth-order valence-electron chi connectivity index (χ4n) is 3.96. The van der Waals surface area contributed by atoms with E-state index in [1.807, 2.05) is 39.0 Å². The van der Waals surface area contributed by atoms with Gasteiger partial charge in [-0.1, -0.05) is 13.0 Å². The van der Waals surface area contributed by atoms with Crippen molar-refractivity contribution in [3.63, 3.8) is 0 Å². The monoisotopic (exact) mass is 344 g/mol. The van der Waals surface area contributed by atoms with Crippen molar-refractivity contribution in [2.75, 3.05) is 24.5 Å². The molecule has 3 atom stereocenters. The number of aliphatic carboxylic acids is 1. The van der Waals surface area contributed by atoms with Crippen molar-refractivity contribution in [3.8, 4) is 0 Å². The molecule has 2 aliphatic rings. The number of likely N-dealkylation sites (tertiary alicyclic amines) is 1. The summed E-state index contributed by atoms with van der Waals surface area (Å²) in [4.78, 5) is 40.0. The highest BCUT2D eigenvalue weighted by molar-refractivity contribution is 6.09. The Balaban J connectivity index is 1.74. The summed E-state index contributed by atoms with van der Waals surface area (Å²) in [7, 11) is 0. The minimum absolute atomic E-state index is 0.0894. The summed E-state index contributed by atoms with van der Waals surface area (Å²) in [6, 6.07) is 5.95. The number of rotatable bonds is 3. The molecule has 134 valence electrons. The molecule has 2 fully saturated rings. The lowest BCUT2D eigenvalue weighted by Crippen LogP contribution is -2.39. The van der Waals surface area contributed by atoms with Crippen LogP contribution in [0.15, 0.2) is 18.2 Å². The molecule has 2 saturated heterocycles. The Morgan fingerprint density at radius 1 is 1.12 bits per heavy atom. The van der Waals surface area contributed by atoms with E-state index in [1.54, 1.807) is 9.80 Å². The summed E-state index contributed by atoms with van der Waals surface area (Å²) >= 11 is 0. The van der Waals surface area contributed by atoms with E-state index in [-0.39, 0.29) is 24.3 Å². The average molecular weight is 344 g/mol. The zero-order valence-electron chi connectivity index (χ0n) is 14.9. The molecular formula is C19H24N2O4. The molecule has 6 heteroatoms. The molecule has 0 aromatic heterocycles. The number of hydrogen-bond donors (Lipinski definition) is 1. The first kappa shape index (κ1) is 17.5. The van der Waals surface area contributed by atoms with Gasteiger partial charge in [0.25, 0.3) is 0 Å². The zero-order valence-corrected chi connectivity index (χ0v) is 14.9. The van der Waals surface area contributed by atoms with Crippen LogP contribution in [-0.4, -0.2) is 47.4 Å². The van der Waals surface area contributed by atoms with E-state index in [9.17, 15) is 19.5 Å². The van der Waals surface area contributed by atoms with Gasteiger partial charge in [0, 0.05) is 25.3 Å². The second-order valence-electron chi connectivity index (χ2n) is 7.34. The number of anilines is 1. The van der Waals surface area contributed by atoms with Crippen molar-refractivity contribution in [1.29, 1.82) is 0 Å². The maximum absolute atomic E-state index is 12.8. The van der Waals surface area contributed by atoms with Crippen LogP contribution in [0.5, 0.6) is 0 Å². The predicted molar refractivity (Wildman–Crippen MR) is 93.2 cm³/mol. The third-order valence-electron chi connectivity index (χ3n) is 5.26. The molecule has 1 N–H and O–H groups in total. The fraction of sp³-hybridized carbons (Fsp3) is 0.526. The van der Waals surface area contributed by atoms with Gasteiger partial charge >= 0.3 is 5.97 Å². The third kappa shape index (κ3) is 3.25. The van der Waals surface area contributed by atoms with Gasteiger partial charge in [0.05, 0.1) is 5.92 Å². The minimum atomic E-state index is -0.877. The third-order valence-corrected chi connectivity index (χ3v) is 5.26. The second-order valence-corrected chi connectivity index (χ2v) is 7.34. The lowest BCUT2D eigenvalue weighted by molar-refractivity contribution is -0.142. The van der Waals surface area contributed by atoms with Crippen LogP contribution in [-0.2, 0) is 14.4 Å². The molecule has 0 aliphatic carbocycles. The molecule has 2 aliphatic heterocycles. The van der Waals surface area contributed by atoms with E-state index in [2.05, 4.69) is 0 Å². The van der Waals surface area contributed by atoms with Gasteiger partial charge in [-0.25, -0.2) is 0 Å². The molecule has 1 aromatic carbocycles. The Labute approximate surface area is 147 Å². The summed E-state index contributed by atoms with van der Waals surface area (Å²) in [5.41, 5.74) is 2.99. The van der Waals surface area contributed by atoms with Gasteiger partial charge < -0.3 is 14.9 Å². The van der Waals surface area contributed by atoms with Crippen LogP contribution < -0.4 is 4.90 Å². The van der Waals surface area contributed by atoms with E-state index in [4.69, 9.17) is 0 Å². The normalized spacial score (nSPS) is 26.4. The molecule has 0 spiro atoms. The van der Waals surface area contributed by atoms with E-state index < -0.39 is 17.8 Å². The molecule has 2 heterocycles. The van der Waals surface area contributed by atoms with Crippen LogP contribution in [0.25, 0.3) is 0 Å². The molecule has 0 radical (unpaired) electrons. The van der Waals surface area contributed by atoms with Gasteiger partial charge in [-0.15, -0.1) is 0 Å². The summed E-state index contributed by atoms with van der Waals surface area (Å²) in [5, 5.41) is 9.23. The average Bonchev–Trinajstić information content (AvgIpc) is 3.09. The Morgan fingerprint density at radius 2 is 1.76 bits per heavy atom. The summed E-state index contributed by atoms with van der Waals surface area (Å²) in [5.74, 6) is -2.61. The van der Waals surface area contributed by atoms with Crippen molar-refractivity contribution in [2.24, 2.45) is 17.8 Å². The van der Waals surface area contributed by atoms with Crippen LogP contribution in [0.1, 0.15) is 24.5 Å². The van der Waals surface area contributed by atoms with Gasteiger partial charge in [0.1, 0.15) is 5.92 Å². The van der Waals surface area contributed by atoms with Gasteiger partial charge in [-0.2, -0.15) is 0 Å². The van der Waals surface area contributed by atoms with Crippen molar-refractivity contribution < 1.29 is 19.5 Å². The lowest BCUT2D eigenvalue weighted by atomic mass is 9.99.